The molecule has 3 N–H and O–H groups in total. The monoisotopic (exact) mass is 318 g/mol. The molecular weight excluding hydrogens is 296 g/mol. The number of rotatable bonds is 6. The van der Waals surface area contributed by atoms with E-state index in [0.29, 0.717) is 22.2 Å². The molecule has 0 aliphatic heterocycles. The number of nitrogens with two attached hydrogens (primary N) is 1. The summed E-state index contributed by atoms with van der Waals surface area (Å²) in [7, 11) is -3.58. The van der Waals surface area contributed by atoms with E-state index < -0.39 is 10.0 Å². The minimum Gasteiger partial charge on any atom is -0.398 e. The first kappa shape index (κ1) is 17.3. The highest BCUT2D eigenvalue weighted by atomic mass is 35.5. The molecule has 1 aromatic carbocycles. The summed E-state index contributed by atoms with van der Waals surface area (Å²) in [5, 5.41) is 0.361. The number of anilines is 1. The van der Waals surface area contributed by atoms with E-state index in [4.69, 9.17) is 17.3 Å². The Kier molecular flexibility index (Phi) is 5.86. The first-order valence-electron chi connectivity index (χ1n) is 6.71. The molecule has 0 aromatic heterocycles. The van der Waals surface area contributed by atoms with Gasteiger partial charge in [-0.3, -0.25) is 0 Å². The average Bonchev–Trinajstić information content (AvgIpc) is 2.32. The van der Waals surface area contributed by atoms with Gasteiger partial charge in [0.1, 0.15) is 0 Å². The largest absolute Gasteiger partial charge is 0.398 e. The van der Waals surface area contributed by atoms with E-state index in [9.17, 15) is 8.42 Å². The van der Waals surface area contributed by atoms with Gasteiger partial charge in [-0.05, 0) is 50.3 Å². The molecule has 1 unspecified atom stereocenters. The summed E-state index contributed by atoms with van der Waals surface area (Å²) in [6.07, 6.45) is 1.77. The number of hydrogen-bond donors (Lipinski definition) is 2. The Balaban J connectivity index is 2.89. The molecule has 0 aliphatic rings. The lowest BCUT2D eigenvalue weighted by Gasteiger charge is -2.16. The highest BCUT2D eigenvalue weighted by Gasteiger charge is 2.19. The fourth-order valence-electron chi connectivity index (χ4n) is 1.80. The molecule has 0 bridgehead atoms. The number of nitrogens with one attached hydrogen (secondary N) is 1. The number of hydrogen-bond acceptors (Lipinski definition) is 3. The summed E-state index contributed by atoms with van der Waals surface area (Å²) in [5.41, 5.74) is 6.85. The first-order valence-corrected chi connectivity index (χ1v) is 8.57. The molecule has 1 aromatic rings. The molecule has 0 saturated heterocycles. The van der Waals surface area contributed by atoms with E-state index in [1.807, 2.05) is 6.92 Å². The number of benzene rings is 1. The van der Waals surface area contributed by atoms with Crippen LogP contribution in [0.15, 0.2) is 17.0 Å². The van der Waals surface area contributed by atoms with Crippen LogP contribution < -0.4 is 10.5 Å². The van der Waals surface area contributed by atoms with Gasteiger partial charge in [0, 0.05) is 16.8 Å². The van der Waals surface area contributed by atoms with Gasteiger partial charge in [0.2, 0.25) is 10.0 Å². The SMILES string of the molecule is Cc1c(N)cc(S(=O)(=O)NC(C)CCC(C)C)cc1Cl. The van der Waals surface area contributed by atoms with Crippen LogP contribution in [0.2, 0.25) is 5.02 Å². The Morgan fingerprint density at radius 2 is 1.85 bits per heavy atom. The Morgan fingerprint density at radius 1 is 1.25 bits per heavy atom. The molecule has 0 fully saturated rings. The summed E-state index contributed by atoms with van der Waals surface area (Å²) in [6.45, 7) is 7.84. The number of sulfonamides is 1. The van der Waals surface area contributed by atoms with Gasteiger partial charge in [-0.15, -0.1) is 0 Å². The summed E-state index contributed by atoms with van der Waals surface area (Å²) in [4.78, 5) is 0.113. The molecule has 4 nitrogen and oxygen atoms in total. The molecule has 0 aliphatic carbocycles. The van der Waals surface area contributed by atoms with E-state index in [2.05, 4.69) is 18.6 Å². The zero-order chi connectivity index (χ0) is 15.5. The summed E-state index contributed by atoms with van der Waals surface area (Å²) in [6, 6.07) is 2.76. The molecule has 0 amide bonds. The summed E-state index contributed by atoms with van der Waals surface area (Å²) >= 11 is 5.99. The van der Waals surface area contributed by atoms with Crippen molar-refractivity contribution < 1.29 is 8.42 Å². The minimum absolute atomic E-state index is 0.113. The lowest BCUT2D eigenvalue weighted by atomic mass is 10.1. The Labute approximate surface area is 126 Å². The van der Waals surface area contributed by atoms with E-state index in [1.54, 1.807) is 6.92 Å². The summed E-state index contributed by atoms with van der Waals surface area (Å²) in [5.74, 6) is 0.548. The first-order chi connectivity index (χ1) is 9.13. The van der Waals surface area contributed by atoms with Gasteiger partial charge in [0.05, 0.1) is 4.90 Å². The predicted molar refractivity (Wildman–Crippen MR) is 84.5 cm³/mol. The Bertz CT molecular complexity index is 548. The van der Waals surface area contributed by atoms with Crippen molar-refractivity contribution in [2.24, 2.45) is 5.92 Å². The lowest BCUT2D eigenvalue weighted by Crippen LogP contribution is -2.32. The maximum atomic E-state index is 12.3. The third kappa shape index (κ3) is 4.65. The summed E-state index contributed by atoms with van der Waals surface area (Å²) < 4.78 is 27.2. The van der Waals surface area contributed by atoms with E-state index in [-0.39, 0.29) is 10.9 Å². The van der Waals surface area contributed by atoms with Gasteiger partial charge in [0.15, 0.2) is 0 Å². The maximum Gasteiger partial charge on any atom is 0.240 e. The molecule has 6 heteroatoms. The van der Waals surface area contributed by atoms with Crippen LogP contribution in [0.1, 0.15) is 39.2 Å². The van der Waals surface area contributed by atoms with E-state index >= 15 is 0 Å². The van der Waals surface area contributed by atoms with E-state index in [1.165, 1.54) is 12.1 Å². The van der Waals surface area contributed by atoms with Crippen molar-refractivity contribution >= 4 is 27.3 Å². The Hall–Kier alpha value is -0.780. The van der Waals surface area contributed by atoms with Crippen LogP contribution in [0.25, 0.3) is 0 Å². The molecule has 0 spiro atoms. The van der Waals surface area contributed by atoms with Gasteiger partial charge < -0.3 is 5.73 Å². The van der Waals surface area contributed by atoms with Crippen molar-refractivity contribution in [2.75, 3.05) is 5.73 Å². The molecule has 20 heavy (non-hydrogen) atoms. The molecule has 0 saturated carbocycles. The van der Waals surface area contributed by atoms with Crippen molar-refractivity contribution in [3.05, 3.63) is 22.7 Å². The zero-order valence-electron chi connectivity index (χ0n) is 12.4. The zero-order valence-corrected chi connectivity index (χ0v) is 14.0. The van der Waals surface area contributed by atoms with Crippen LogP contribution in [0.5, 0.6) is 0 Å². The highest BCUT2D eigenvalue weighted by Crippen LogP contribution is 2.26. The van der Waals surface area contributed by atoms with Crippen LogP contribution in [-0.4, -0.2) is 14.5 Å². The number of nitrogen functional groups attached to an aromatic ring is 1. The van der Waals surface area contributed by atoms with Crippen LogP contribution >= 0.6 is 11.6 Å². The van der Waals surface area contributed by atoms with Gasteiger partial charge in [-0.25, -0.2) is 13.1 Å². The normalized spacial score (nSPS) is 13.7. The maximum absolute atomic E-state index is 12.3. The standard InChI is InChI=1S/C14H23ClN2O2S/c1-9(2)5-6-10(3)17-20(18,19)12-7-13(15)11(4)14(16)8-12/h7-10,17H,5-6,16H2,1-4H3. The number of halogens is 1. The highest BCUT2D eigenvalue weighted by molar-refractivity contribution is 7.89. The second kappa shape index (κ2) is 6.78. The van der Waals surface area contributed by atoms with Crippen LogP contribution in [0.4, 0.5) is 5.69 Å². The van der Waals surface area contributed by atoms with Crippen molar-refractivity contribution in [3.8, 4) is 0 Å². The van der Waals surface area contributed by atoms with Crippen LogP contribution in [0, 0.1) is 12.8 Å². The second-order valence-electron chi connectivity index (χ2n) is 5.61. The fourth-order valence-corrected chi connectivity index (χ4v) is 3.43. The average molecular weight is 319 g/mol. The quantitative estimate of drug-likeness (QED) is 0.790. The van der Waals surface area contributed by atoms with Crippen LogP contribution in [0.3, 0.4) is 0 Å². The van der Waals surface area contributed by atoms with Crippen molar-refractivity contribution in [1.29, 1.82) is 0 Å². The molecular formula is C14H23ClN2O2S. The van der Waals surface area contributed by atoms with Crippen molar-refractivity contribution in [1.82, 2.24) is 4.72 Å². The third-order valence-electron chi connectivity index (χ3n) is 3.20. The molecule has 0 heterocycles. The van der Waals surface area contributed by atoms with Crippen molar-refractivity contribution in [3.63, 3.8) is 0 Å². The topological polar surface area (TPSA) is 72.2 Å². The van der Waals surface area contributed by atoms with Crippen LogP contribution in [-0.2, 0) is 10.0 Å². The van der Waals surface area contributed by atoms with Gasteiger partial charge in [0.25, 0.3) is 0 Å². The van der Waals surface area contributed by atoms with Crippen molar-refractivity contribution in [2.45, 2.75) is 51.5 Å². The second-order valence-corrected chi connectivity index (χ2v) is 7.73. The minimum atomic E-state index is -3.58. The van der Waals surface area contributed by atoms with Gasteiger partial charge in [-0.1, -0.05) is 25.4 Å². The molecule has 114 valence electrons. The fraction of sp³-hybridized carbons (Fsp3) is 0.571. The lowest BCUT2D eigenvalue weighted by molar-refractivity contribution is 0.485. The molecule has 1 rings (SSSR count). The molecule has 0 radical (unpaired) electrons. The Morgan fingerprint density at radius 3 is 2.35 bits per heavy atom. The smallest absolute Gasteiger partial charge is 0.240 e. The van der Waals surface area contributed by atoms with Gasteiger partial charge in [-0.2, -0.15) is 0 Å². The van der Waals surface area contributed by atoms with E-state index in [0.717, 1.165) is 12.8 Å². The van der Waals surface area contributed by atoms with Gasteiger partial charge >= 0.3 is 0 Å². The molecule has 1 atom stereocenters. The third-order valence-corrected chi connectivity index (χ3v) is 5.16. The predicted octanol–water partition coefficient (Wildman–Crippen LogP) is 3.33.